The number of aromatic amines is 1. The molecule has 0 aliphatic carbocycles. The first kappa shape index (κ1) is 16.8. The van der Waals surface area contributed by atoms with Gasteiger partial charge < -0.3 is 23.9 Å². The lowest BCUT2D eigenvalue weighted by atomic mass is 9.78. The number of hydrogen-bond donors (Lipinski definition) is 1. The minimum Gasteiger partial charge on any atom is -0.459 e. The van der Waals surface area contributed by atoms with Crippen LogP contribution in [0.25, 0.3) is 0 Å². The third-order valence-corrected chi connectivity index (χ3v) is 5.44. The average molecular weight is 358 g/mol. The lowest BCUT2D eigenvalue weighted by Gasteiger charge is -2.50. The van der Waals surface area contributed by atoms with Crippen molar-refractivity contribution in [2.24, 2.45) is 0 Å². The highest BCUT2D eigenvalue weighted by Gasteiger charge is 2.49. The summed E-state index contributed by atoms with van der Waals surface area (Å²) < 4.78 is 10.3. The van der Waals surface area contributed by atoms with Crippen LogP contribution in [0.1, 0.15) is 34.8 Å². The number of nitrogens with one attached hydrogen (secondary N) is 1. The maximum absolute atomic E-state index is 12.7. The summed E-state index contributed by atoms with van der Waals surface area (Å²) in [5, 5.41) is 0. The van der Waals surface area contributed by atoms with E-state index in [0.29, 0.717) is 38.2 Å². The van der Waals surface area contributed by atoms with E-state index in [1.54, 1.807) is 23.4 Å². The first-order valence-corrected chi connectivity index (χ1v) is 8.80. The summed E-state index contributed by atoms with van der Waals surface area (Å²) in [5.41, 5.74) is 1.53. The van der Waals surface area contributed by atoms with Crippen molar-refractivity contribution >= 4 is 11.8 Å². The van der Waals surface area contributed by atoms with Crippen LogP contribution in [-0.4, -0.2) is 64.9 Å². The van der Waals surface area contributed by atoms with Gasteiger partial charge in [0.2, 0.25) is 5.91 Å². The minimum atomic E-state index is -0.483. The summed E-state index contributed by atoms with van der Waals surface area (Å²) >= 11 is 0. The quantitative estimate of drug-likeness (QED) is 0.889. The molecule has 1 N–H and O–H groups in total. The van der Waals surface area contributed by atoms with Crippen LogP contribution in [0.15, 0.2) is 29.1 Å². The average Bonchev–Trinajstić information content (AvgIpc) is 3.34. The van der Waals surface area contributed by atoms with Crippen LogP contribution < -0.4 is 0 Å². The monoisotopic (exact) mass is 358 g/mol. The molecule has 2 aromatic rings. The summed E-state index contributed by atoms with van der Waals surface area (Å²) in [6.45, 7) is 1.77. The number of carbonyl (C=O) groups excluding carboxylic acids is 2. The standard InChI is InChI=1S/C18H22N4O4/c1-25-11-15(23)22-7-4-13-16(20-12-19-13)18(22)5-8-21(9-6-18)17(24)14-3-2-10-26-14/h2-3,10,12H,4-9,11H2,1H3,(H,19,20). The van der Waals surface area contributed by atoms with Crippen LogP contribution in [0.5, 0.6) is 0 Å². The van der Waals surface area contributed by atoms with E-state index in [1.807, 2.05) is 4.90 Å². The Bertz CT molecular complexity index is 790. The van der Waals surface area contributed by atoms with Gasteiger partial charge in [-0.3, -0.25) is 9.59 Å². The molecule has 4 rings (SSSR count). The smallest absolute Gasteiger partial charge is 0.289 e. The van der Waals surface area contributed by atoms with Crippen LogP contribution in [0.2, 0.25) is 0 Å². The fourth-order valence-corrected chi connectivity index (χ4v) is 4.19. The molecule has 1 saturated heterocycles. The second kappa shape index (κ2) is 6.60. The second-order valence-corrected chi connectivity index (χ2v) is 6.76. The van der Waals surface area contributed by atoms with Crippen LogP contribution in [0.4, 0.5) is 0 Å². The van der Waals surface area contributed by atoms with Crippen molar-refractivity contribution in [3.8, 4) is 0 Å². The number of likely N-dealkylation sites (tertiary alicyclic amines) is 1. The van der Waals surface area contributed by atoms with Gasteiger partial charge in [-0.25, -0.2) is 4.98 Å². The van der Waals surface area contributed by atoms with Gasteiger partial charge in [0.1, 0.15) is 6.61 Å². The van der Waals surface area contributed by atoms with Gasteiger partial charge in [-0.2, -0.15) is 0 Å². The van der Waals surface area contributed by atoms with Gasteiger partial charge in [-0.1, -0.05) is 0 Å². The van der Waals surface area contributed by atoms with Gasteiger partial charge in [-0.05, 0) is 25.0 Å². The van der Waals surface area contributed by atoms with Gasteiger partial charge >= 0.3 is 0 Å². The summed E-state index contributed by atoms with van der Waals surface area (Å²) in [7, 11) is 1.53. The Morgan fingerprint density at radius 1 is 1.35 bits per heavy atom. The number of methoxy groups -OCH3 is 1. The van der Waals surface area contributed by atoms with E-state index < -0.39 is 5.54 Å². The minimum absolute atomic E-state index is 0.0352. The number of hydrogen-bond acceptors (Lipinski definition) is 5. The van der Waals surface area contributed by atoms with Crippen molar-refractivity contribution in [2.45, 2.75) is 24.8 Å². The van der Waals surface area contributed by atoms with Crippen molar-refractivity contribution in [3.63, 3.8) is 0 Å². The summed E-state index contributed by atoms with van der Waals surface area (Å²) in [5.74, 6) is 0.196. The number of aromatic nitrogens is 2. The number of amides is 2. The van der Waals surface area contributed by atoms with E-state index >= 15 is 0 Å². The van der Waals surface area contributed by atoms with Gasteiger partial charge in [0.05, 0.1) is 23.8 Å². The van der Waals surface area contributed by atoms with E-state index in [1.165, 1.54) is 13.4 Å². The molecule has 8 nitrogen and oxygen atoms in total. The first-order chi connectivity index (χ1) is 12.7. The Hall–Kier alpha value is -2.61. The van der Waals surface area contributed by atoms with Gasteiger partial charge in [0.15, 0.2) is 5.76 Å². The topological polar surface area (TPSA) is 91.7 Å². The maximum atomic E-state index is 12.7. The van der Waals surface area contributed by atoms with Gasteiger partial charge in [-0.15, -0.1) is 0 Å². The fraction of sp³-hybridized carbons (Fsp3) is 0.500. The Morgan fingerprint density at radius 2 is 2.15 bits per heavy atom. The van der Waals surface area contributed by atoms with Crippen LogP contribution in [-0.2, 0) is 21.5 Å². The Labute approximate surface area is 151 Å². The molecule has 1 fully saturated rings. The zero-order valence-electron chi connectivity index (χ0n) is 14.7. The molecule has 2 aliphatic heterocycles. The number of ether oxygens (including phenoxy) is 1. The molecule has 4 heterocycles. The predicted molar refractivity (Wildman–Crippen MR) is 91.4 cm³/mol. The Kier molecular flexibility index (Phi) is 4.28. The van der Waals surface area contributed by atoms with Crippen LogP contribution >= 0.6 is 0 Å². The number of imidazole rings is 1. The first-order valence-electron chi connectivity index (χ1n) is 8.80. The van der Waals surface area contributed by atoms with E-state index in [0.717, 1.165) is 17.8 Å². The summed E-state index contributed by atoms with van der Waals surface area (Å²) in [4.78, 5) is 36.6. The summed E-state index contributed by atoms with van der Waals surface area (Å²) in [6, 6.07) is 3.38. The fourth-order valence-electron chi connectivity index (χ4n) is 4.19. The molecule has 0 saturated carbocycles. The molecule has 2 aliphatic rings. The van der Waals surface area contributed by atoms with E-state index in [-0.39, 0.29) is 18.4 Å². The number of nitrogens with zero attached hydrogens (tertiary/aromatic N) is 3. The summed E-state index contributed by atoms with van der Waals surface area (Å²) in [6.07, 6.45) is 5.24. The normalized spacial score (nSPS) is 18.8. The highest BCUT2D eigenvalue weighted by atomic mass is 16.5. The number of rotatable bonds is 3. The number of furan rings is 1. The molecule has 1 spiro atoms. The SMILES string of the molecule is COCC(=O)N1CCc2[nH]cnc2C12CCN(C(=O)c1ccco1)CC2. The molecule has 0 atom stereocenters. The number of piperidine rings is 1. The van der Waals surface area contributed by atoms with Crippen LogP contribution in [0, 0.1) is 0 Å². The van der Waals surface area contributed by atoms with Crippen molar-refractivity contribution in [1.29, 1.82) is 0 Å². The molecule has 26 heavy (non-hydrogen) atoms. The largest absolute Gasteiger partial charge is 0.459 e. The Balaban J connectivity index is 1.59. The molecule has 0 bridgehead atoms. The molecular weight excluding hydrogens is 336 g/mol. The number of carbonyl (C=O) groups is 2. The maximum Gasteiger partial charge on any atom is 0.289 e. The second-order valence-electron chi connectivity index (χ2n) is 6.76. The number of fused-ring (bicyclic) bond motifs is 2. The predicted octanol–water partition coefficient (Wildman–Crippen LogP) is 1.17. The number of H-pyrrole nitrogens is 1. The molecule has 138 valence electrons. The molecule has 0 aromatic carbocycles. The van der Waals surface area contributed by atoms with E-state index in [2.05, 4.69) is 9.97 Å². The zero-order chi connectivity index (χ0) is 18.1. The van der Waals surface area contributed by atoms with E-state index in [4.69, 9.17) is 9.15 Å². The molecule has 2 aromatic heterocycles. The molecular formula is C18H22N4O4. The van der Waals surface area contributed by atoms with Crippen molar-refractivity contribution in [3.05, 3.63) is 41.9 Å². The molecule has 2 amide bonds. The van der Waals surface area contributed by atoms with E-state index in [9.17, 15) is 9.59 Å². The Morgan fingerprint density at radius 3 is 2.85 bits per heavy atom. The molecule has 0 unspecified atom stereocenters. The van der Waals surface area contributed by atoms with Crippen molar-refractivity contribution in [2.75, 3.05) is 33.4 Å². The molecule has 8 heteroatoms. The van der Waals surface area contributed by atoms with Crippen LogP contribution in [0.3, 0.4) is 0 Å². The molecule has 0 radical (unpaired) electrons. The lowest BCUT2D eigenvalue weighted by Crippen LogP contribution is -2.59. The van der Waals surface area contributed by atoms with Gasteiger partial charge in [0.25, 0.3) is 5.91 Å². The highest BCUT2D eigenvalue weighted by Crippen LogP contribution is 2.42. The third kappa shape index (κ3) is 2.61. The van der Waals surface area contributed by atoms with Crippen molar-refractivity contribution in [1.82, 2.24) is 19.8 Å². The highest BCUT2D eigenvalue weighted by molar-refractivity contribution is 5.91. The van der Waals surface area contributed by atoms with Crippen molar-refractivity contribution < 1.29 is 18.7 Å². The third-order valence-electron chi connectivity index (χ3n) is 5.44. The zero-order valence-corrected chi connectivity index (χ0v) is 14.7. The van der Waals surface area contributed by atoms with Gasteiger partial charge in [0, 0.05) is 38.9 Å². The lowest BCUT2D eigenvalue weighted by molar-refractivity contribution is -0.145.